The molecule has 0 aromatic heterocycles. The van der Waals surface area contributed by atoms with Gasteiger partial charge in [-0.05, 0) is 43.0 Å². The molecule has 0 saturated heterocycles. The molecule has 4 heteroatoms. The number of carbonyl (C=O) groups is 2. The van der Waals surface area contributed by atoms with Gasteiger partial charge in [0.05, 0.1) is 0 Å². The Kier molecular flexibility index (Phi) is 5.74. The number of nitrogens with one attached hydrogen (secondary N) is 1. The predicted octanol–water partition coefficient (Wildman–Crippen LogP) is 3.37. The molecule has 0 aliphatic carbocycles. The van der Waals surface area contributed by atoms with Crippen molar-refractivity contribution in [3.05, 3.63) is 64.2 Å². The minimum atomic E-state index is -0.623. The second kappa shape index (κ2) is 7.77. The summed E-state index contributed by atoms with van der Waals surface area (Å²) in [6.45, 7) is 6.44. The number of carbonyl (C=O) groups excluding carboxylic acids is 2. The molecule has 24 heavy (non-hydrogen) atoms. The summed E-state index contributed by atoms with van der Waals surface area (Å²) in [6.07, 6.45) is 0.983. The van der Waals surface area contributed by atoms with Gasteiger partial charge in [-0.25, -0.2) is 0 Å². The minimum Gasteiger partial charge on any atom is -0.489 e. The molecule has 0 heterocycles. The molecule has 0 aliphatic rings. The van der Waals surface area contributed by atoms with Gasteiger partial charge in [0.1, 0.15) is 12.4 Å². The molecule has 1 amide bonds. The Hall–Kier alpha value is -2.62. The van der Waals surface area contributed by atoms with Crippen molar-refractivity contribution < 1.29 is 14.3 Å². The first-order valence-corrected chi connectivity index (χ1v) is 8.05. The number of likely N-dealkylation sites (N-methyl/N-ethyl adjacent to an activating group) is 1. The van der Waals surface area contributed by atoms with Crippen LogP contribution in [0.1, 0.15) is 39.5 Å². The van der Waals surface area contributed by atoms with Gasteiger partial charge in [-0.1, -0.05) is 37.3 Å². The fourth-order valence-electron chi connectivity index (χ4n) is 2.64. The van der Waals surface area contributed by atoms with Crippen molar-refractivity contribution in [3.63, 3.8) is 0 Å². The fraction of sp³-hybridized carbons (Fsp3) is 0.300. The Bertz CT molecular complexity index is 765. The van der Waals surface area contributed by atoms with E-state index in [0.717, 1.165) is 17.7 Å². The maximum absolute atomic E-state index is 12.1. The number of rotatable bonds is 6. The van der Waals surface area contributed by atoms with Gasteiger partial charge in [0.15, 0.2) is 0 Å². The molecule has 0 atom stereocenters. The maximum atomic E-state index is 12.1. The molecule has 0 bridgehead atoms. The van der Waals surface area contributed by atoms with Gasteiger partial charge in [0.25, 0.3) is 11.7 Å². The topological polar surface area (TPSA) is 55.4 Å². The zero-order valence-electron chi connectivity index (χ0n) is 14.6. The maximum Gasteiger partial charge on any atom is 0.292 e. The molecule has 0 spiro atoms. The van der Waals surface area contributed by atoms with Crippen LogP contribution < -0.4 is 10.1 Å². The number of aryl methyl sites for hydroxylation is 3. The number of benzene rings is 2. The molecule has 1 N–H and O–H groups in total. The highest BCUT2D eigenvalue weighted by Crippen LogP contribution is 2.24. The molecule has 2 aromatic carbocycles. The lowest BCUT2D eigenvalue weighted by atomic mass is 10.0. The molecule has 2 aromatic rings. The predicted molar refractivity (Wildman–Crippen MR) is 94.5 cm³/mol. The summed E-state index contributed by atoms with van der Waals surface area (Å²) in [5.74, 6) is -0.375. The summed E-state index contributed by atoms with van der Waals surface area (Å²) in [7, 11) is 1.45. The first-order chi connectivity index (χ1) is 11.5. The van der Waals surface area contributed by atoms with Crippen LogP contribution in [0.4, 0.5) is 0 Å². The van der Waals surface area contributed by atoms with E-state index in [9.17, 15) is 9.59 Å². The van der Waals surface area contributed by atoms with Crippen LogP contribution in [-0.2, 0) is 17.8 Å². The van der Waals surface area contributed by atoms with E-state index < -0.39 is 11.7 Å². The summed E-state index contributed by atoms with van der Waals surface area (Å²) in [5, 5.41) is 2.36. The Morgan fingerprint density at radius 3 is 2.42 bits per heavy atom. The van der Waals surface area contributed by atoms with Crippen LogP contribution in [0.3, 0.4) is 0 Å². The fourth-order valence-corrected chi connectivity index (χ4v) is 2.64. The zero-order chi connectivity index (χ0) is 17.7. The third kappa shape index (κ3) is 3.82. The van der Waals surface area contributed by atoms with Crippen molar-refractivity contribution in [2.75, 3.05) is 7.05 Å². The molecule has 0 aliphatic heterocycles. The number of amides is 1. The molecule has 0 fully saturated rings. The minimum absolute atomic E-state index is 0.241. The Morgan fingerprint density at radius 2 is 1.75 bits per heavy atom. The number of ketones is 1. The Morgan fingerprint density at radius 1 is 1.04 bits per heavy atom. The molecule has 0 radical (unpaired) electrons. The summed E-state index contributed by atoms with van der Waals surface area (Å²) in [4.78, 5) is 23.8. The molecule has 0 saturated carbocycles. The molecular weight excluding hydrogens is 302 g/mol. The first kappa shape index (κ1) is 17.7. The van der Waals surface area contributed by atoms with E-state index in [0.29, 0.717) is 11.1 Å². The highest BCUT2D eigenvalue weighted by molar-refractivity contribution is 6.43. The average Bonchev–Trinajstić information content (AvgIpc) is 2.60. The van der Waals surface area contributed by atoms with Crippen LogP contribution in [0.5, 0.6) is 5.75 Å². The molecule has 0 unspecified atom stereocenters. The van der Waals surface area contributed by atoms with Gasteiger partial charge in [0, 0.05) is 18.2 Å². The van der Waals surface area contributed by atoms with E-state index in [1.165, 1.54) is 18.2 Å². The van der Waals surface area contributed by atoms with Crippen LogP contribution in [0, 0.1) is 13.8 Å². The normalized spacial score (nSPS) is 10.3. The lowest BCUT2D eigenvalue weighted by molar-refractivity contribution is -0.116. The van der Waals surface area contributed by atoms with Crippen LogP contribution in [0.15, 0.2) is 36.4 Å². The second-order valence-corrected chi connectivity index (χ2v) is 5.75. The quantitative estimate of drug-likeness (QED) is 0.654. The summed E-state index contributed by atoms with van der Waals surface area (Å²) < 4.78 is 5.92. The zero-order valence-corrected chi connectivity index (χ0v) is 14.6. The molecular formula is C20H23NO3. The Labute approximate surface area is 142 Å². The number of hydrogen-bond donors (Lipinski definition) is 1. The number of hydrogen-bond acceptors (Lipinski definition) is 3. The highest BCUT2D eigenvalue weighted by atomic mass is 16.5. The smallest absolute Gasteiger partial charge is 0.292 e. The van der Waals surface area contributed by atoms with Crippen molar-refractivity contribution >= 4 is 11.7 Å². The lowest BCUT2D eigenvalue weighted by Crippen LogP contribution is -2.28. The van der Waals surface area contributed by atoms with Crippen LogP contribution in [0.25, 0.3) is 0 Å². The van der Waals surface area contributed by atoms with E-state index in [2.05, 4.69) is 25.2 Å². The van der Waals surface area contributed by atoms with E-state index >= 15 is 0 Å². The van der Waals surface area contributed by atoms with Crippen molar-refractivity contribution in [1.29, 1.82) is 0 Å². The third-order valence-corrected chi connectivity index (χ3v) is 4.09. The first-order valence-electron chi connectivity index (χ1n) is 8.05. The van der Waals surface area contributed by atoms with Crippen LogP contribution in [0.2, 0.25) is 0 Å². The van der Waals surface area contributed by atoms with Crippen molar-refractivity contribution in [2.45, 2.75) is 33.8 Å². The summed E-state index contributed by atoms with van der Waals surface area (Å²) in [5.41, 5.74) is 4.62. The van der Waals surface area contributed by atoms with Gasteiger partial charge in [0.2, 0.25) is 0 Å². The largest absolute Gasteiger partial charge is 0.489 e. The Balaban J connectivity index is 2.23. The van der Waals surface area contributed by atoms with Crippen LogP contribution >= 0.6 is 0 Å². The van der Waals surface area contributed by atoms with Crippen molar-refractivity contribution in [3.8, 4) is 5.75 Å². The van der Waals surface area contributed by atoms with Crippen molar-refractivity contribution in [2.24, 2.45) is 0 Å². The average molecular weight is 325 g/mol. The SMILES string of the molecule is CCc1cc(C)c(OCc2ccccc2C(=O)C(=O)NC)cc1C. The standard InChI is InChI=1S/C20H23NO3/c1-5-15-10-14(3)18(11-13(15)2)24-12-16-8-6-7-9-17(16)19(22)20(23)21-4/h6-11H,5,12H2,1-4H3,(H,21,23). The number of ether oxygens (including phenoxy) is 1. The monoisotopic (exact) mass is 325 g/mol. The highest BCUT2D eigenvalue weighted by Gasteiger charge is 2.18. The van der Waals surface area contributed by atoms with E-state index in [1.54, 1.807) is 18.2 Å². The summed E-state index contributed by atoms with van der Waals surface area (Å²) in [6, 6.07) is 11.2. The van der Waals surface area contributed by atoms with Gasteiger partial charge >= 0.3 is 0 Å². The van der Waals surface area contributed by atoms with Gasteiger partial charge in [-0.15, -0.1) is 0 Å². The van der Waals surface area contributed by atoms with Crippen molar-refractivity contribution in [1.82, 2.24) is 5.32 Å². The van der Waals surface area contributed by atoms with E-state index in [1.807, 2.05) is 19.1 Å². The van der Waals surface area contributed by atoms with E-state index in [4.69, 9.17) is 4.74 Å². The lowest BCUT2D eigenvalue weighted by Gasteiger charge is -2.14. The van der Waals surface area contributed by atoms with Gasteiger partial charge in [-0.3, -0.25) is 9.59 Å². The molecule has 4 nitrogen and oxygen atoms in total. The summed E-state index contributed by atoms with van der Waals surface area (Å²) >= 11 is 0. The number of Topliss-reactive ketones (excluding diaryl/α,β-unsaturated/α-hetero) is 1. The van der Waals surface area contributed by atoms with Gasteiger partial charge < -0.3 is 10.1 Å². The van der Waals surface area contributed by atoms with Gasteiger partial charge in [-0.2, -0.15) is 0 Å². The van der Waals surface area contributed by atoms with Crippen LogP contribution in [-0.4, -0.2) is 18.7 Å². The van der Waals surface area contributed by atoms with E-state index in [-0.39, 0.29) is 6.61 Å². The molecule has 2 rings (SSSR count). The second-order valence-electron chi connectivity index (χ2n) is 5.75. The molecule has 126 valence electrons. The third-order valence-electron chi connectivity index (χ3n) is 4.09.